The van der Waals surface area contributed by atoms with Gasteiger partial charge in [0.1, 0.15) is 0 Å². The van der Waals surface area contributed by atoms with Gasteiger partial charge in [-0.05, 0) is 37.7 Å². The molecule has 0 amide bonds. The van der Waals surface area contributed by atoms with Gasteiger partial charge in [0.05, 0.1) is 0 Å². The van der Waals surface area contributed by atoms with E-state index < -0.39 is 0 Å². The van der Waals surface area contributed by atoms with Gasteiger partial charge in [0.15, 0.2) is 0 Å². The lowest BCUT2D eigenvalue weighted by Crippen LogP contribution is -1.76. The molecule has 0 heterocycles. The molecule has 0 aliphatic rings. The number of rotatable bonds is 11. The molecule has 0 saturated heterocycles. The molecule has 0 heteroatoms. The van der Waals surface area contributed by atoms with Crippen LogP contribution in [0.5, 0.6) is 0 Å². The zero-order chi connectivity index (χ0) is 13.5. The molecular formula is C18H31. The largest absolute Gasteiger partial charge is 0.0840 e. The molecule has 0 aliphatic heterocycles. The molecule has 0 aromatic rings. The summed E-state index contributed by atoms with van der Waals surface area (Å²) in [6.07, 6.45) is 22.4. The van der Waals surface area contributed by atoms with Gasteiger partial charge in [-0.2, -0.15) is 0 Å². The first kappa shape index (κ1) is 17.2. The highest BCUT2D eigenvalue weighted by atomic mass is 13.9. The number of allylic oxidation sites excluding steroid dienone is 6. The Bertz CT molecular complexity index is 243. The van der Waals surface area contributed by atoms with Crippen LogP contribution in [0.3, 0.4) is 0 Å². The molecule has 0 N–H and O–H groups in total. The Morgan fingerprint density at radius 1 is 0.833 bits per heavy atom. The Kier molecular flexibility index (Phi) is 13.7. The van der Waals surface area contributed by atoms with E-state index in [0.717, 1.165) is 12.8 Å². The fourth-order valence-corrected chi connectivity index (χ4v) is 1.73. The highest BCUT2D eigenvalue weighted by molar-refractivity contribution is 5.30. The van der Waals surface area contributed by atoms with Crippen LogP contribution in [-0.4, -0.2) is 0 Å². The lowest BCUT2D eigenvalue weighted by Gasteiger charge is -1.96. The molecule has 1 radical (unpaired) electrons. The van der Waals surface area contributed by atoms with Crippen molar-refractivity contribution in [2.45, 2.75) is 71.6 Å². The fraction of sp³-hybridized carbons (Fsp3) is 0.611. The highest BCUT2D eigenvalue weighted by Gasteiger charge is 1.87. The first-order chi connectivity index (χ1) is 8.85. The summed E-state index contributed by atoms with van der Waals surface area (Å²) in [5.74, 6) is 0. The van der Waals surface area contributed by atoms with E-state index in [9.17, 15) is 0 Å². The van der Waals surface area contributed by atoms with Gasteiger partial charge in [0.25, 0.3) is 0 Å². The Hall–Kier alpha value is -0.780. The second-order valence-corrected chi connectivity index (χ2v) is 4.79. The van der Waals surface area contributed by atoms with E-state index >= 15 is 0 Å². The zero-order valence-electron chi connectivity index (χ0n) is 12.5. The van der Waals surface area contributed by atoms with Gasteiger partial charge >= 0.3 is 0 Å². The molecule has 0 aliphatic carbocycles. The SMILES string of the molecule is [CH2]CCC=C(C=CCCCC)C=CCCCCC. The molecular weight excluding hydrogens is 216 g/mol. The van der Waals surface area contributed by atoms with Gasteiger partial charge in [0.2, 0.25) is 0 Å². The van der Waals surface area contributed by atoms with Crippen molar-refractivity contribution in [3.63, 3.8) is 0 Å². The topological polar surface area (TPSA) is 0 Å². The maximum absolute atomic E-state index is 3.90. The second-order valence-electron chi connectivity index (χ2n) is 4.79. The summed E-state index contributed by atoms with van der Waals surface area (Å²) < 4.78 is 0. The van der Waals surface area contributed by atoms with Crippen LogP contribution in [0.4, 0.5) is 0 Å². The Balaban J connectivity index is 4.09. The third kappa shape index (κ3) is 11.7. The molecule has 0 fully saturated rings. The van der Waals surface area contributed by atoms with E-state index in [1.54, 1.807) is 0 Å². The molecule has 0 unspecified atom stereocenters. The lowest BCUT2D eigenvalue weighted by molar-refractivity contribution is 0.729. The number of unbranched alkanes of at least 4 members (excludes halogenated alkanes) is 6. The van der Waals surface area contributed by atoms with Crippen LogP contribution in [0.15, 0.2) is 36.0 Å². The molecule has 0 bridgehead atoms. The lowest BCUT2D eigenvalue weighted by atomic mass is 10.1. The van der Waals surface area contributed by atoms with Crippen molar-refractivity contribution in [2.24, 2.45) is 0 Å². The monoisotopic (exact) mass is 247 g/mol. The summed E-state index contributed by atoms with van der Waals surface area (Å²) in [6, 6.07) is 0. The minimum absolute atomic E-state index is 0.982. The van der Waals surface area contributed by atoms with E-state index in [-0.39, 0.29) is 0 Å². The zero-order valence-corrected chi connectivity index (χ0v) is 12.5. The molecule has 103 valence electrons. The number of hydrogen-bond donors (Lipinski definition) is 0. The third-order valence-electron chi connectivity index (χ3n) is 2.90. The maximum atomic E-state index is 3.90. The summed E-state index contributed by atoms with van der Waals surface area (Å²) in [5, 5.41) is 0. The van der Waals surface area contributed by atoms with Crippen molar-refractivity contribution in [2.75, 3.05) is 0 Å². The second kappa shape index (κ2) is 14.3. The predicted octanol–water partition coefficient (Wildman–Crippen LogP) is 6.41. The van der Waals surface area contributed by atoms with Crippen molar-refractivity contribution in [1.29, 1.82) is 0 Å². The van der Waals surface area contributed by atoms with Crippen molar-refractivity contribution in [3.05, 3.63) is 42.9 Å². The van der Waals surface area contributed by atoms with Crippen molar-refractivity contribution in [1.82, 2.24) is 0 Å². The standard InChI is InChI=1S/C18H31/c1-4-7-10-12-14-17-18(15-9-6-3)16-13-11-8-5-2/h13-17H,3-12H2,1-2H3. The Morgan fingerprint density at radius 2 is 1.44 bits per heavy atom. The molecule has 0 spiro atoms. The third-order valence-corrected chi connectivity index (χ3v) is 2.90. The average molecular weight is 247 g/mol. The molecule has 0 aromatic carbocycles. The summed E-state index contributed by atoms with van der Waals surface area (Å²) in [7, 11) is 0. The molecule has 18 heavy (non-hydrogen) atoms. The Morgan fingerprint density at radius 3 is 2.00 bits per heavy atom. The summed E-state index contributed by atoms with van der Waals surface area (Å²) >= 11 is 0. The molecule has 0 aromatic heterocycles. The average Bonchev–Trinajstić information content (AvgIpc) is 2.39. The van der Waals surface area contributed by atoms with Crippen molar-refractivity contribution in [3.8, 4) is 0 Å². The smallest absolute Gasteiger partial charge is 0.0303 e. The van der Waals surface area contributed by atoms with Crippen molar-refractivity contribution >= 4 is 0 Å². The molecule has 0 nitrogen and oxygen atoms in total. The van der Waals surface area contributed by atoms with Gasteiger partial charge < -0.3 is 0 Å². The van der Waals surface area contributed by atoms with E-state index in [1.165, 1.54) is 50.5 Å². The predicted molar refractivity (Wildman–Crippen MR) is 84.6 cm³/mol. The van der Waals surface area contributed by atoms with Crippen LogP contribution in [0.1, 0.15) is 71.6 Å². The summed E-state index contributed by atoms with van der Waals surface area (Å²) in [4.78, 5) is 0. The Labute approximate surface area is 115 Å². The van der Waals surface area contributed by atoms with Crippen LogP contribution in [-0.2, 0) is 0 Å². The van der Waals surface area contributed by atoms with Crippen LogP contribution < -0.4 is 0 Å². The molecule has 0 saturated carbocycles. The van der Waals surface area contributed by atoms with E-state index in [4.69, 9.17) is 0 Å². The summed E-state index contributed by atoms with van der Waals surface area (Å²) in [6.45, 7) is 8.38. The van der Waals surface area contributed by atoms with E-state index in [2.05, 4.69) is 51.2 Å². The number of hydrogen-bond acceptors (Lipinski definition) is 0. The minimum atomic E-state index is 0.982. The summed E-state index contributed by atoms with van der Waals surface area (Å²) in [5.41, 5.74) is 1.35. The highest BCUT2D eigenvalue weighted by Crippen LogP contribution is 2.08. The normalized spacial score (nSPS) is 12.9. The van der Waals surface area contributed by atoms with Crippen molar-refractivity contribution < 1.29 is 0 Å². The van der Waals surface area contributed by atoms with Crippen LogP contribution in [0.25, 0.3) is 0 Å². The first-order valence-electron chi connectivity index (χ1n) is 7.67. The van der Waals surface area contributed by atoms with Crippen LogP contribution in [0.2, 0.25) is 0 Å². The first-order valence-corrected chi connectivity index (χ1v) is 7.67. The minimum Gasteiger partial charge on any atom is -0.0840 e. The molecule has 0 rings (SSSR count). The van der Waals surface area contributed by atoms with Gasteiger partial charge in [-0.25, -0.2) is 0 Å². The maximum Gasteiger partial charge on any atom is -0.0303 e. The van der Waals surface area contributed by atoms with E-state index in [0.29, 0.717) is 0 Å². The van der Waals surface area contributed by atoms with Gasteiger partial charge in [-0.3, -0.25) is 0 Å². The van der Waals surface area contributed by atoms with Gasteiger partial charge in [0, 0.05) is 0 Å². The fourth-order valence-electron chi connectivity index (χ4n) is 1.73. The van der Waals surface area contributed by atoms with Gasteiger partial charge in [-0.15, -0.1) is 0 Å². The quantitative estimate of drug-likeness (QED) is 0.292. The van der Waals surface area contributed by atoms with E-state index in [1.807, 2.05) is 0 Å². The van der Waals surface area contributed by atoms with Gasteiger partial charge in [-0.1, -0.05) is 76.8 Å². The van der Waals surface area contributed by atoms with Crippen LogP contribution >= 0.6 is 0 Å². The van der Waals surface area contributed by atoms with Crippen LogP contribution in [0, 0.1) is 6.92 Å². The molecule has 0 atom stereocenters.